The van der Waals surface area contributed by atoms with E-state index in [4.69, 9.17) is 14.5 Å². The Labute approximate surface area is 192 Å². The molecule has 0 amide bonds. The molecule has 165 valence electrons. The number of aromatic amines is 1. The lowest BCUT2D eigenvalue weighted by atomic mass is 9.97. The molecule has 10 heteroatoms. The van der Waals surface area contributed by atoms with Crippen LogP contribution in [0.3, 0.4) is 0 Å². The smallest absolute Gasteiger partial charge is 0.186 e. The van der Waals surface area contributed by atoms with Gasteiger partial charge in [0.15, 0.2) is 11.5 Å². The quantitative estimate of drug-likeness (QED) is 0.438. The van der Waals surface area contributed by atoms with Gasteiger partial charge in [-0.3, -0.25) is 0 Å². The van der Waals surface area contributed by atoms with Gasteiger partial charge in [0.1, 0.15) is 23.0 Å². The number of fused-ring (bicyclic) bond motifs is 1. The van der Waals surface area contributed by atoms with Crippen molar-refractivity contribution in [3.05, 3.63) is 52.8 Å². The molecule has 5 rings (SSSR count). The molecule has 3 heterocycles. The highest BCUT2D eigenvalue weighted by atomic mass is 79.9. The molecule has 2 aromatic heterocycles. The largest absolute Gasteiger partial charge is 0.493 e. The predicted octanol–water partition coefficient (Wildman–Crippen LogP) is 4.38. The Morgan fingerprint density at radius 2 is 2.00 bits per heavy atom. The zero-order valence-corrected chi connectivity index (χ0v) is 19.4. The number of hydrogen-bond acceptors (Lipinski definition) is 6. The van der Waals surface area contributed by atoms with Crippen LogP contribution in [0.4, 0.5) is 10.1 Å². The summed E-state index contributed by atoms with van der Waals surface area (Å²) < 4.78 is 25.8. The van der Waals surface area contributed by atoms with Gasteiger partial charge in [-0.1, -0.05) is 0 Å². The lowest BCUT2D eigenvalue weighted by Gasteiger charge is -2.37. The molecule has 32 heavy (non-hydrogen) atoms. The number of hydrogen-bond donors (Lipinski definition) is 1. The molecule has 1 N–H and O–H groups in total. The summed E-state index contributed by atoms with van der Waals surface area (Å²) in [6.07, 6.45) is 4.99. The Morgan fingerprint density at radius 3 is 2.72 bits per heavy atom. The van der Waals surface area contributed by atoms with Crippen LogP contribution in [0, 0.1) is 11.9 Å². The second kappa shape index (κ2) is 7.77. The Morgan fingerprint density at radius 1 is 1.22 bits per heavy atom. The number of aromatic nitrogens is 5. The van der Waals surface area contributed by atoms with Gasteiger partial charge < -0.3 is 19.4 Å². The molecule has 1 atom stereocenters. The SMILES string of the molecule is COc1c[c]c(-n2nccn2)c(N2CCC[C@@]2(C)c2nc3cc(F)c(Br)cc3[nH]2)c1OC. The maximum absolute atomic E-state index is 14.1. The second-order valence-corrected chi connectivity index (χ2v) is 8.66. The lowest BCUT2D eigenvalue weighted by Crippen LogP contribution is -2.40. The highest BCUT2D eigenvalue weighted by molar-refractivity contribution is 9.10. The van der Waals surface area contributed by atoms with Crippen LogP contribution in [0.5, 0.6) is 11.5 Å². The van der Waals surface area contributed by atoms with Crippen molar-refractivity contribution in [3.8, 4) is 17.2 Å². The average Bonchev–Trinajstić information content (AvgIpc) is 3.53. The van der Waals surface area contributed by atoms with Crippen LogP contribution < -0.4 is 14.4 Å². The number of H-pyrrole nitrogens is 1. The highest BCUT2D eigenvalue weighted by Crippen LogP contribution is 2.49. The van der Waals surface area contributed by atoms with Gasteiger partial charge in [-0.05, 0) is 47.8 Å². The summed E-state index contributed by atoms with van der Waals surface area (Å²) in [6, 6.07) is 8.11. The van der Waals surface area contributed by atoms with Gasteiger partial charge in [0, 0.05) is 18.7 Å². The second-order valence-electron chi connectivity index (χ2n) is 7.80. The number of methoxy groups -OCH3 is 2. The van der Waals surface area contributed by atoms with Crippen LogP contribution in [0.25, 0.3) is 16.7 Å². The third kappa shape index (κ3) is 3.12. The number of anilines is 1. The summed E-state index contributed by atoms with van der Waals surface area (Å²) in [6.45, 7) is 2.86. The fourth-order valence-corrected chi connectivity index (χ4v) is 4.75. The van der Waals surface area contributed by atoms with Gasteiger partial charge in [0.25, 0.3) is 0 Å². The van der Waals surface area contributed by atoms with Crippen LogP contribution in [0.1, 0.15) is 25.6 Å². The Kier molecular flexibility index (Phi) is 5.04. The lowest BCUT2D eigenvalue weighted by molar-refractivity contribution is 0.351. The molecule has 4 aromatic rings. The normalized spacial score (nSPS) is 18.5. The van der Waals surface area contributed by atoms with Gasteiger partial charge in [0.2, 0.25) is 0 Å². The highest BCUT2D eigenvalue weighted by Gasteiger charge is 2.44. The molecule has 0 aliphatic carbocycles. The van der Waals surface area contributed by atoms with Crippen molar-refractivity contribution in [2.45, 2.75) is 25.3 Å². The molecule has 0 unspecified atom stereocenters. The van der Waals surface area contributed by atoms with E-state index in [1.807, 2.05) is 0 Å². The molecule has 1 radical (unpaired) electrons. The topological polar surface area (TPSA) is 81.1 Å². The zero-order chi connectivity index (χ0) is 22.5. The van der Waals surface area contributed by atoms with E-state index >= 15 is 0 Å². The predicted molar refractivity (Wildman–Crippen MR) is 121 cm³/mol. The van der Waals surface area contributed by atoms with Crippen molar-refractivity contribution in [3.63, 3.8) is 0 Å². The first-order valence-corrected chi connectivity index (χ1v) is 10.9. The number of imidazole rings is 1. The number of nitrogens with one attached hydrogen (secondary N) is 1. The zero-order valence-electron chi connectivity index (χ0n) is 17.8. The summed E-state index contributed by atoms with van der Waals surface area (Å²) in [5, 5.41) is 8.61. The number of benzene rings is 2. The van der Waals surface area contributed by atoms with Crippen molar-refractivity contribution in [1.29, 1.82) is 0 Å². The maximum atomic E-state index is 14.1. The summed E-state index contributed by atoms with van der Waals surface area (Å²) in [7, 11) is 3.20. The minimum absolute atomic E-state index is 0.347. The molecule has 1 saturated heterocycles. The van der Waals surface area contributed by atoms with Crippen LogP contribution >= 0.6 is 15.9 Å². The summed E-state index contributed by atoms with van der Waals surface area (Å²) in [4.78, 5) is 11.9. The Hall–Kier alpha value is -3.14. The van der Waals surface area contributed by atoms with E-state index in [0.717, 1.165) is 36.4 Å². The van der Waals surface area contributed by atoms with Gasteiger partial charge in [0.05, 0.1) is 47.7 Å². The fraction of sp³-hybridized carbons (Fsp3) is 0.318. The van der Waals surface area contributed by atoms with Gasteiger partial charge in [-0.2, -0.15) is 10.2 Å². The van der Waals surface area contributed by atoms with Crippen LogP contribution in [-0.4, -0.2) is 45.7 Å². The van der Waals surface area contributed by atoms with E-state index in [1.54, 1.807) is 38.7 Å². The molecule has 0 spiro atoms. The van der Waals surface area contributed by atoms with Gasteiger partial charge >= 0.3 is 0 Å². The van der Waals surface area contributed by atoms with E-state index in [9.17, 15) is 4.39 Å². The molecule has 0 saturated carbocycles. The van der Waals surface area contributed by atoms with Crippen LogP contribution in [0.15, 0.2) is 35.1 Å². The number of rotatable bonds is 5. The summed E-state index contributed by atoms with van der Waals surface area (Å²) >= 11 is 3.25. The third-order valence-corrected chi connectivity index (χ3v) is 6.60. The number of nitrogens with zero attached hydrogens (tertiary/aromatic N) is 5. The van der Waals surface area contributed by atoms with E-state index in [-0.39, 0.29) is 5.82 Å². The van der Waals surface area contributed by atoms with Crippen molar-refractivity contribution in [1.82, 2.24) is 25.0 Å². The van der Waals surface area contributed by atoms with E-state index in [1.165, 1.54) is 10.9 Å². The monoisotopic (exact) mass is 499 g/mol. The first-order valence-electron chi connectivity index (χ1n) is 10.1. The molecule has 2 aromatic carbocycles. The minimum Gasteiger partial charge on any atom is -0.493 e. The molecule has 8 nitrogen and oxygen atoms in total. The van der Waals surface area contributed by atoms with Crippen molar-refractivity contribution in [2.75, 3.05) is 25.7 Å². The van der Waals surface area contributed by atoms with Crippen molar-refractivity contribution < 1.29 is 13.9 Å². The average molecular weight is 500 g/mol. The molecule has 0 bridgehead atoms. The molecule has 1 aliphatic heterocycles. The fourth-order valence-electron chi connectivity index (χ4n) is 4.40. The molecule has 1 fully saturated rings. The minimum atomic E-state index is -0.517. The van der Waals surface area contributed by atoms with Crippen molar-refractivity contribution in [2.24, 2.45) is 0 Å². The Bertz CT molecular complexity index is 1250. The molecular weight excluding hydrogens is 479 g/mol. The van der Waals surface area contributed by atoms with Crippen molar-refractivity contribution >= 4 is 32.7 Å². The maximum Gasteiger partial charge on any atom is 0.186 e. The van der Waals surface area contributed by atoms with E-state index < -0.39 is 5.54 Å². The van der Waals surface area contributed by atoms with Gasteiger partial charge in [-0.15, -0.1) is 4.80 Å². The first kappa shape index (κ1) is 20.7. The molecular formula is C22H21BrFN6O2. The van der Waals surface area contributed by atoms with E-state index in [0.29, 0.717) is 27.2 Å². The summed E-state index contributed by atoms with van der Waals surface area (Å²) in [5.41, 5.74) is 2.23. The third-order valence-electron chi connectivity index (χ3n) is 5.99. The number of halogens is 2. The standard InChI is InChI=1S/C22H21BrFN6O2/c1-22(21-27-15-11-13(23)14(24)12-16(15)28-21)7-4-10-29(22)19-17(30-25-8-9-26-30)5-6-18(31-2)20(19)32-3/h6,8-9,11-12H,4,7,10H2,1-3H3,(H,27,28)/t22-/m0/s1. The molecule has 1 aliphatic rings. The summed E-state index contributed by atoms with van der Waals surface area (Å²) in [5.74, 6) is 1.52. The number of ether oxygens (including phenoxy) is 2. The van der Waals surface area contributed by atoms with Crippen LogP contribution in [0.2, 0.25) is 0 Å². The first-order chi connectivity index (χ1) is 15.5. The van der Waals surface area contributed by atoms with Crippen LogP contribution in [-0.2, 0) is 5.54 Å². The van der Waals surface area contributed by atoms with E-state index in [2.05, 4.69) is 49.0 Å². The van der Waals surface area contributed by atoms with Gasteiger partial charge in [-0.25, -0.2) is 9.37 Å². The Balaban J connectivity index is 1.71.